The Hall–Kier alpha value is -0.480. The van der Waals surface area contributed by atoms with E-state index in [1.807, 2.05) is 0 Å². The molecule has 2 aliphatic rings. The van der Waals surface area contributed by atoms with Gasteiger partial charge in [0.25, 0.3) is 0 Å². The maximum absolute atomic E-state index is 10.5. The normalized spacial score (nSPS) is 49.8. The van der Waals surface area contributed by atoms with E-state index in [1.165, 1.54) is 0 Å². The molecule has 11 atom stereocenters. The largest absolute Gasteiger partial charge is 0.394 e. The zero-order valence-corrected chi connectivity index (χ0v) is 14.8. The molecule has 2 heterocycles. The van der Waals surface area contributed by atoms with Crippen molar-refractivity contribution < 1.29 is 55.1 Å². The van der Waals surface area contributed by atoms with Crippen LogP contribution in [0.15, 0.2) is 0 Å². The van der Waals surface area contributed by atoms with E-state index in [9.17, 15) is 35.7 Å². The van der Waals surface area contributed by atoms with Crippen molar-refractivity contribution in [2.45, 2.75) is 80.3 Å². The molecular formula is C15H29NO11. The maximum atomic E-state index is 10.5. The van der Waals surface area contributed by atoms with E-state index in [4.69, 9.17) is 25.1 Å². The first kappa shape index (κ1) is 22.8. The second kappa shape index (κ2) is 8.90. The molecule has 0 radical (unpaired) electrons. The standard InChI is InChI=1S/C15H29NO11/c1-2-7(16)15(24)13(23)11(21)9(19)6(27-15)4-25-14-12(22)10(20)8(18)5(3-17)26-14/h5-14,17-24H,2-4,16H2,1H3/t5-,6-,7?,8-,9-,10+,11+,12-,13-,14+,15-/m1/s1. The monoisotopic (exact) mass is 399 g/mol. The maximum Gasteiger partial charge on any atom is 0.210 e. The summed E-state index contributed by atoms with van der Waals surface area (Å²) in [6.07, 6.45) is -14.1. The van der Waals surface area contributed by atoms with Crippen LogP contribution in [-0.2, 0) is 14.2 Å². The first-order valence-corrected chi connectivity index (χ1v) is 8.70. The summed E-state index contributed by atoms with van der Waals surface area (Å²) in [4.78, 5) is 0. The Bertz CT molecular complexity index is 483. The highest BCUT2D eigenvalue weighted by atomic mass is 16.7. The third kappa shape index (κ3) is 4.27. The van der Waals surface area contributed by atoms with Gasteiger partial charge < -0.3 is 60.8 Å². The number of aliphatic hydroxyl groups is 8. The van der Waals surface area contributed by atoms with E-state index in [0.717, 1.165) is 0 Å². The lowest BCUT2D eigenvalue weighted by Crippen LogP contribution is -2.71. The molecule has 2 rings (SSSR count). The molecule has 2 aliphatic heterocycles. The molecule has 27 heavy (non-hydrogen) atoms. The van der Waals surface area contributed by atoms with Gasteiger partial charge in [0.1, 0.15) is 48.8 Å². The predicted molar refractivity (Wildman–Crippen MR) is 85.8 cm³/mol. The van der Waals surface area contributed by atoms with E-state index < -0.39 is 80.2 Å². The van der Waals surface area contributed by atoms with Crippen LogP contribution < -0.4 is 5.73 Å². The van der Waals surface area contributed by atoms with Gasteiger partial charge in [-0.15, -0.1) is 0 Å². The van der Waals surface area contributed by atoms with Gasteiger partial charge in [-0.05, 0) is 6.42 Å². The Morgan fingerprint density at radius 3 is 2.11 bits per heavy atom. The van der Waals surface area contributed by atoms with Crippen LogP contribution in [0.1, 0.15) is 13.3 Å². The number of ether oxygens (including phenoxy) is 3. The second-order valence-corrected chi connectivity index (χ2v) is 6.88. The third-order valence-corrected chi connectivity index (χ3v) is 5.06. The molecule has 0 amide bonds. The SMILES string of the molecule is CCC(N)[C@@]1(O)O[C@H](CO[C@H]2O[C@H](CO)[C@@H](O)[C@H](O)[C@H]2O)[C@@H](O)[C@H](O)[C@H]1O. The summed E-state index contributed by atoms with van der Waals surface area (Å²) in [5.41, 5.74) is 5.75. The van der Waals surface area contributed by atoms with Crippen LogP contribution in [-0.4, -0.2) is 121 Å². The molecule has 12 heteroatoms. The fraction of sp³-hybridized carbons (Fsp3) is 1.00. The lowest BCUT2D eigenvalue weighted by molar-refractivity contribution is -0.367. The Morgan fingerprint density at radius 1 is 0.963 bits per heavy atom. The molecular weight excluding hydrogens is 370 g/mol. The predicted octanol–water partition coefficient (Wildman–Crippen LogP) is -5.29. The number of nitrogens with two attached hydrogens (primary N) is 1. The molecule has 0 aromatic rings. The number of rotatable bonds is 6. The lowest BCUT2D eigenvalue weighted by atomic mass is 9.87. The summed E-state index contributed by atoms with van der Waals surface area (Å²) in [6.45, 7) is 0.436. The van der Waals surface area contributed by atoms with Crippen molar-refractivity contribution in [2.24, 2.45) is 5.73 Å². The molecule has 0 aromatic carbocycles. The molecule has 160 valence electrons. The first-order chi connectivity index (χ1) is 12.6. The molecule has 0 bridgehead atoms. The zero-order chi connectivity index (χ0) is 20.5. The van der Waals surface area contributed by atoms with Gasteiger partial charge in [0.2, 0.25) is 5.79 Å². The van der Waals surface area contributed by atoms with Crippen molar-refractivity contribution in [2.75, 3.05) is 13.2 Å². The van der Waals surface area contributed by atoms with Crippen molar-refractivity contribution in [3.8, 4) is 0 Å². The molecule has 1 unspecified atom stereocenters. The van der Waals surface area contributed by atoms with Gasteiger partial charge in [-0.25, -0.2) is 0 Å². The van der Waals surface area contributed by atoms with Crippen molar-refractivity contribution >= 4 is 0 Å². The fourth-order valence-electron chi connectivity index (χ4n) is 3.16. The van der Waals surface area contributed by atoms with Crippen molar-refractivity contribution in [1.82, 2.24) is 0 Å². The molecule has 0 aliphatic carbocycles. The third-order valence-electron chi connectivity index (χ3n) is 5.06. The average Bonchev–Trinajstić information content (AvgIpc) is 2.66. The van der Waals surface area contributed by atoms with Crippen LogP contribution in [0.25, 0.3) is 0 Å². The van der Waals surface area contributed by atoms with E-state index in [1.54, 1.807) is 6.92 Å². The minimum atomic E-state index is -2.35. The van der Waals surface area contributed by atoms with Gasteiger partial charge in [0.15, 0.2) is 6.29 Å². The van der Waals surface area contributed by atoms with Gasteiger partial charge in [0.05, 0.1) is 19.3 Å². The molecule has 0 spiro atoms. The van der Waals surface area contributed by atoms with E-state index in [0.29, 0.717) is 0 Å². The highest BCUT2D eigenvalue weighted by molar-refractivity contribution is 5.00. The van der Waals surface area contributed by atoms with Crippen LogP contribution in [0.2, 0.25) is 0 Å². The van der Waals surface area contributed by atoms with Crippen molar-refractivity contribution in [1.29, 1.82) is 0 Å². The quantitative estimate of drug-likeness (QED) is 0.205. The number of hydrogen-bond acceptors (Lipinski definition) is 12. The molecule has 2 fully saturated rings. The molecule has 0 aromatic heterocycles. The second-order valence-electron chi connectivity index (χ2n) is 6.88. The van der Waals surface area contributed by atoms with Crippen LogP contribution in [0.5, 0.6) is 0 Å². The number of hydrogen-bond donors (Lipinski definition) is 9. The van der Waals surface area contributed by atoms with E-state index in [2.05, 4.69) is 0 Å². The van der Waals surface area contributed by atoms with Crippen LogP contribution >= 0.6 is 0 Å². The zero-order valence-electron chi connectivity index (χ0n) is 14.8. The van der Waals surface area contributed by atoms with Gasteiger partial charge in [-0.3, -0.25) is 0 Å². The molecule has 10 N–H and O–H groups in total. The highest BCUT2D eigenvalue weighted by Crippen LogP contribution is 2.32. The van der Waals surface area contributed by atoms with Gasteiger partial charge in [-0.1, -0.05) is 6.92 Å². The summed E-state index contributed by atoms with van der Waals surface area (Å²) in [5, 5.41) is 79.2. The Kier molecular flexibility index (Phi) is 7.52. The molecule has 12 nitrogen and oxygen atoms in total. The lowest BCUT2D eigenvalue weighted by Gasteiger charge is -2.48. The molecule has 2 saturated heterocycles. The highest BCUT2D eigenvalue weighted by Gasteiger charge is 2.55. The topological polar surface area (TPSA) is 216 Å². The summed E-state index contributed by atoms with van der Waals surface area (Å²) in [5.74, 6) is -2.35. The van der Waals surface area contributed by atoms with Crippen LogP contribution in [0.3, 0.4) is 0 Å². The fourth-order valence-corrected chi connectivity index (χ4v) is 3.16. The van der Waals surface area contributed by atoms with E-state index >= 15 is 0 Å². The van der Waals surface area contributed by atoms with Crippen LogP contribution in [0, 0.1) is 0 Å². The van der Waals surface area contributed by atoms with Crippen molar-refractivity contribution in [3.05, 3.63) is 0 Å². The Balaban J connectivity index is 2.07. The molecule has 0 saturated carbocycles. The summed E-state index contributed by atoms with van der Waals surface area (Å²) >= 11 is 0. The smallest absolute Gasteiger partial charge is 0.210 e. The summed E-state index contributed by atoms with van der Waals surface area (Å²) in [7, 11) is 0. The minimum Gasteiger partial charge on any atom is -0.394 e. The minimum absolute atomic E-state index is 0.191. The van der Waals surface area contributed by atoms with Gasteiger partial charge in [0, 0.05) is 0 Å². The Labute approximate surface area is 155 Å². The van der Waals surface area contributed by atoms with Crippen molar-refractivity contribution in [3.63, 3.8) is 0 Å². The Morgan fingerprint density at radius 2 is 1.56 bits per heavy atom. The first-order valence-electron chi connectivity index (χ1n) is 8.70. The van der Waals surface area contributed by atoms with E-state index in [-0.39, 0.29) is 6.42 Å². The van der Waals surface area contributed by atoms with Gasteiger partial charge in [-0.2, -0.15) is 0 Å². The summed E-state index contributed by atoms with van der Waals surface area (Å²) < 4.78 is 15.7. The van der Waals surface area contributed by atoms with Crippen LogP contribution in [0.4, 0.5) is 0 Å². The number of aliphatic hydroxyl groups excluding tert-OH is 7. The summed E-state index contributed by atoms with van der Waals surface area (Å²) in [6, 6.07) is -1.08. The van der Waals surface area contributed by atoms with Gasteiger partial charge >= 0.3 is 0 Å². The average molecular weight is 399 g/mol.